The topological polar surface area (TPSA) is 63.0 Å². The number of rotatable bonds is 4. The summed E-state index contributed by atoms with van der Waals surface area (Å²) in [5.74, 6) is 0.264. The lowest BCUT2D eigenvalue weighted by Gasteiger charge is -2.18. The molecule has 0 saturated heterocycles. The fourth-order valence-corrected chi connectivity index (χ4v) is 3.24. The Morgan fingerprint density at radius 1 is 1.33 bits per heavy atom. The van der Waals surface area contributed by atoms with Gasteiger partial charge in [0, 0.05) is 18.9 Å². The van der Waals surface area contributed by atoms with Crippen LogP contribution in [0.25, 0.3) is 0 Å². The zero-order valence-corrected chi connectivity index (χ0v) is 13.3. The lowest BCUT2D eigenvalue weighted by Crippen LogP contribution is -2.28. The average Bonchev–Trinajstić information content (AvgIpc) is 3.11. The van der Waals surface area contributed by atoms with Gasteiger partial charge in [-0.15, -0.1) is 0 Å². The van der Waals surface area contributed by atoms with Gasteiger partial charge in [-0.05, 0) is 30.9 Å². The Balaban J connectivity index is 1.68. The highest BCUT2D eigenvalue weighted by atomic mass is 35.5. The van der Waals surface area contributed by atoms with Gasteiger partial charge in [-0.1, -0.05) is 11.6 Å². The number of hydrogen-bond acceptors (Lipinski definition) is 4. The summed E-state index contributed by atoms with van der Waals surface area (Å²) < 4.78 is 40.5. The van der Waals surface area contributed by atoms with Gasteiger partial charge >= 0.3 is 6.18 Å². The molecule has 1 aliphatic rings. The fourth-order valence-electron chi connectivity index (χ4n) is 3.03. The van der Waals surface area contributed by atoms with Crippen LogP contribution in [0.3, 0.4) is 0 Å². The van der Waals surface area contributed by atoms with Crippen LogP contribution in [0.4, 0.5) is 19.0 Å². The highest BCUT2D eigenvalue weighted by molar-refractivity contribution is 6.31. The molecule has 1 fully saturated rings. The third-order valence-electron chi connectivity index (χ3n) is 4.10. The summed E-state index contributed by atoms with van der Waals surface area (Å²) in [6, 6.07) is 2.19. The number of alkyl halides is 3. The number of nitrogens with one attached hydrogen (secondary N) is 1. The normalized spacial score (nSPS) is 24.3. The molecule has 0 spiro atoms. The van der Waals surface area contributed by atoms with Crippen LogP contribution < -0.4 is 5.32 Å². The Morgan fingerprint density at radius 2 is 2.12 bits per heavy atom. The van der Waals surface area contributed by atoms with E-state index in [2.05, 4.69) is 15.3 Å². The van der Waals surface area contributed by atoms with Crippen molar-refractivity contribution in [1.29, 1.82) is 0 Å². The first kappa shape index (κ1) is 17.0. The standard InChI is InChI=1S/C15H16ClF3N4O/c16-10-1-2-13(22-14(10)15(17,18)19)21-11-5-9(6-12(11)24)7-23-4-3-20-8-23/h1-4,8-9,11-12,24H,5-7H2,(H,21,22)/t9?,11-,12-/m1/s1. The summed E-state index contributed by atoms with van der Waals surface area (Å²) in [6.45, 7) is 0.705. The molecule has 0 radical (unpaired) electrons. The second kappa shape index (κ2) is 6.60. The molecular formula is C15H16ClF3N4O. The minimum absolute atomic E-state index is 0.0547. The largest absolute Gasteiger partial charge is 0.434 e. The van der Waals surface area contributed by atoms with Gasteiger partial charge in [0.1, 0.15) is 5.82 Å². The minimum Gasteiger partial charge on any atom is -0.391 e. The third kappa shape index (κ3) is 3.81. The van der Waals surface area contributed by atoms with Crippen molar-refractivity contribution in [3.63, 3.8) is 0 Å². The summed E-state index contributed by atoms with van der Waals surface area (Å²) in [4.78, 5) is 7.51. The van der Waals surface area contributed by atoms with E-state index >= 15 is 0 Å². The second-order valence-corrected chi connectivity index (χ2v) is 6.35. The quantitative estimate of drug-likeness (QED) is 0.879. The molecule has 2 heterocycles. The summed E-state index contributed by atoms with van der Waals surface area (Å²) in [5, 5.41) is 12.6. The second-order valence-electron chi connectivity index (χ2n) is 5.94. The molecule has 24 heavy (non-hydrogen) atoms. The van der Waals surface area contributed by atoms with E-state index in [9.17, 15) is 18.3 Å². The van der Waals surface area contributed by atoms with E-state index in [0.29, 0.717) is 19.4 Å². The Hall–Kier alpha value is -1.80. The highest BCUT2D eigenvalue weighted by Crippen LogP contribution is 2.35. The Bertz CT molecular complexity index is 693. The van der Waals surface area contributed by atoms with Crippen LogP contribution in [-0.2, 0) is 12.7 Å². The molecular weight excluding hydrogens is 345 g/mol. The van der Waals surface area contributed by atoms with Gasteiger partial charge in [0.05, 0.1) is 23.5 Å². The molecule has 3 atom stereocenters. The number of aromatic nitrogens is 3. The molecule has 0 bridgehead atoms. The molecule has 5 nitrogen and oxygen atoms in total. The molecule has 2 aromatic heterocycles. The van der Waals surface area contributed by atoms with Gasteiger partial charge in [-0.2, -0.15) is 13.2 Å². The first-order chi connectivity index (χ1) is 11.3. The third-order valence-corrected chi connectivity index (χ3v) is 4.41. The molecule has 0 aromatic carbocycles. The van der Waals surface area contributed by atoms with Gasteiger partial charge < -0.3 is 15.0 Å². The molecule has 0 amide bonds. The molecule has 130 valence electrons. The summed E-state index contributed by atoms with van der Waals surface area (Å²) in [5.41, 5.74) is -1.13. The highest BCUT2D eigenvalue weighted by Gasteiger charge is 2.37. The van der Waals surface area contributed by atoms with Crippen LogP contribution in [0.1, 0.15) is 18.5 Å². The molecule has 2 aromatic rings. The molecule has 1 unspecified atom stereocenters. The number of hydrogen-bond donors (Lipinski definition) is 2. The summed E-state index contributed by atoms with van der Waals surface area (Å²) in [7, 11) is 0. The van der Waals surface area contributed by atoms with Gasteiger partial charge in [0.2, 0.25) is 0 Å². The van der Waals surface area contributed by atoms with Crippen molar-refractivity contribution in [3.05, 3.63) is 41.6 Å². The smallest absolute Gasteiger partial charge is 0.391 e. The van der Waals surface area contributed by atoms with E-state index in [1.54, 1.807) is 12.5 Å². The lowest BCUT2D eigenvalue weighted by atomic mass is 10.1. The number of imidazole rings is 1. The zero-order valence-electron chi connectivity index (χ0n) is 12.5. The number of aliphatic hydroxyl groups excluding tert-OH is 1. The molecule has 3 rings (SSSR count). The van der Waals surface area contributed by atoms with Crippen LogP contribution >= 0.6 is 11.6 Å². The first-order valence-electron chi connectivity index (χ1n) is 7.47. The monoisotopic (exact) mass is 360 g/mol. The van der Waals surface area contributed by atoms with Gasteiger partial charge in [0.15, 0.2) is 5.69 Å². The number of aliphatic hydroxyl groups is 1. The van der Waals surface area contributed by atoms with Crippen molar-refractivity contribution in [2.75, 3.05) is 5.32 Å². The molecule has 2 N–H and O–H groups in total. The van der Waals surface area contributed by atoms with Crippen molar-refractivity contribution >= 4 is 17.4 Å². The molecule has 9 heteroatoms. The van der Waals surface area contributed by atoms with Crippen LogP contribution in [0.2, 0.25) is 5.02 Å². The molecule has 0 aliphatic heterocycles. The molecule has 1 aliphatic carbocycles. The van der Waals surface area contributed by atoms with E-state index in [-0.39, 0.29) is 17.8 Å². The van der Waals surface area contributed by atoms with Crippen LogP contribution in [0, 0.1) is 5.92 Å². The van der Waals surface area contributed by atoms with Crippen molar-refractivity contribution < 1.29 is 18.3 Å². The van der Waals surface area contributed by atoms with Crippen molar-refractivity contribution in [2.45, 2.75) is 37.7 Å². The predicted octanol–water partition coefficient (Wildman–Crippen LogP) is 3.20. The molecule has 1 saturated carbocycles. The number of halogens is 4. The van der Waals surface area contributed by atoms with E-state index in [1.165, 1.54) is 6.07 Å². The Labute approximate surface area is 141 Å². The van der Waals surface area contributed by atoms with Gasteiger partial charge in [-0.25, -0.2) is 9.97 Å². The van der Waals surface area contributed by atoms with E-state index in [4.69, 9.17) is 11.6 Å². The van der Waals surface area contributed by atoms with Gasteiger partial charge in [-0.3, -0.25) is 0 Å². The van der Waals surface area contributed by atoms with Crippen molar-refractivity contribution in [2.24, 2.45) is 5.92 Å². The van der Waals surface area contributed by atoms with Crippen LogP contribution in [0.15, 0.2) is 30.9 Å². The first-order valence-corrected chi connectivity index (χ1v) is 7.85. The maximum Gasteiger partial charge on any atom is 0.434 e. The SMILES string of the molecule is O[C@@H]1CC(Cn2ccnc2)C[C@H]1Nc1ccc(Cl)c(C(F)(F)F)n1. The van der Waals surface area contributed by atoms with E-state index in [1.807, 2.05) is 10.8 Å². The number of anilines is 1. The predicted molar refractivity (Wildman–Crippen MR) is 82.6 cm³/mol. The van der Waals surface area contributed by atoms with E-state index in [0.717, 1.165) is 6.07 Å². The average molecular weight is 361 g/mol. The Morgan fingerprint density at radius 3 is 2.79 bits per heavy atom. The fraction of sp³-hybridized carbons (Fsp3) is 0.467. The zero-order chi connectivity index (χ0) is 17.3. The Kier molecular flexibility index (Phi) is 4.69. The number of pyridine rings is 1. The summed E-state index contributed by atoms with van der Waals surface area (Å²) >= 11 is 5.56. The van der Waals surface area contributed by atoms with Crippen molar-refractivity contribution in [1.82, 2.24) is 14.5 Å². The minimum atomic E-state index is -4.62. The van der Waals surface area contributed by atoms with Crippen LogP contribution in [0.5, 0.6) is 0 Å². The maximum absolute atomic E-state index is 12.9. The van der Waals surface area contributed by atoms with E-state index < -0.39 is 23.0 Å². The maximum atomic E-state index is 12.9. The summed E-state index contributed by atoms with van der Waals surface area (Å²) in [6.07, 6.45) is 1.14. The lowest BCUT2D eigenvalue weighted by molar-refractivity contribution is -0.141. The number of nitrogens with zero attached hydrogens (tertiary/aromatic N) is 3. The van der Waals surface area contributed by atoms with Crippen LogP contribution in [-0.4, -0.2) is 31.8 Å². The van der Waals surface area contributed by atoms with Gasteiger partial charge in [0.25, 0.3) is 0 Å². The van der Waals surface area contributed by atoms with Crippen molar-refractivity contribution in [3.8, 4) is 0 Å².